The maximum Gasteiger partial charge on any atom is 0.240 e. The molecule has 0 atom stereocenters. The highest BCUT2D eigenvalue weighted by Crippen LogP contribution is 2.32. The summed E-state index contributed by atoms with van der Waals surface area (Å²) in [6.07, 6.45) is 2.47. The van der Waals surface area contributed by atoms with Crippen molar-refractivity contribution in [1.82, 2.24) is 10.3 Å². The summed E-state index contributed by atoms with van der Waals surface area (Å²) in [6.45, 7) is 2.64. The van der Waals surface area contributed by atoms with E-state index >= 15 is 0 Å². The maximum absolute atomic E-state index is 12.2. The fourth-order valence-electron chi connectivity index (χ4n) is 2.52. The van der Waals surface area contributed by atoms with E-state index in [1.54, 1.807) is 12.3 Å². The molecule has 0 bridgehead atoms. The van der Waals surface area contributed by atoms with Crippen molar-refractivity contribution in [3.05, 3.63) is 53.7 Å². The van der Waals surface area contributed by atoms with Crippen LogP contribution in [0.25, 0.3) is 0 Å². The summed E-state index contributed by atoms with van der Waals surface area (Å²) in [5, 5.41) is 3.68. The van der Waals surface area contributed by atoms with Crippen LogP contribution >= 0.6 is 11.8 Å². The van der Waals surface area contributed by atoms with Gasteiger partial charge in [-0.3, -0.25) is 14.5 Å². The summed E-state index contributed by atoms with van der Waals surface area (Å²) in [7, 11) is 0. The van der Waals surface area contributed by atoms with Gasteiger partial charge in [0.2, 0.25) is 11.8 Å². The lowest BCUT2D eigenvalue weighted by Gasteiger charge is -2.27. The van der Waals surface area contributed by atoms with Crippen LogP contribution in [0.3, 0.4) is 0 Å². The van der Waals surface area contributed by atoms with Crippen molar-refractivity contribution in [2.24, 2.45) is 0 Å². The van der Waals surface area contributed by atoms with Crippen LogP contribution in [-0.2, 0) is 16.0 Å². The molecule has 0 fully saturated rings. The quantitative estimate of drug-likeness (QED) is 0.905. The number of pyridine rings is 1. The zero-order valence-corrected chi connectivity index (χ0v) is 14.3. The summed E-state index contributed by atoms with van der Waals surface area (Å²) in [4.78, 5) is 30.1. The predicted octanol–water partition coefficient (Wildman–Crippen LogP) is 2.19. The molecule has 24 heavy (non-hydrogen) atoms. The van der Waals surface area contributed by atoms with Crippen LogP contribution in [0.2, 0.25) is 0 Å². The number of aryl methyl sites for hydroxylation is 1. The number of benzene rings is 1. The highest BCUT2D eigenvalue weighted by Gasteiger charge is 2.26. The molecule has 0 saturated carbocycles. The summed E-state index contributed by atoms with van der Waals surface area (Å²) in [6, 6.07) is 11.9. The number of rotatable bonds is 5. The van der Waals surface area contributed by atoms with Crippen LogP contribution in [0.5, 0.6) is 0 Å². The Morgan fingerprint density at radius 2 is 2.08 bits per heavy atom. The van der Waals surface area contributed by atoms with Gasteiger partial charge in [0, 0.05) is 12.7 Å². The van der Waals surface area contributed by atoms with E-state index in [0.29, 0.717) is 18.0 Å². The van der Waals surface area contributed by atoms with Crippen LogP contribution in [0.4, 0.5) is 5.69 Å². The molecule has 0 aliphatic carbocycles. The highest BCUT2D eigenvalue weighted by molar-refractivity contribution is 8.00. The molecule has 3 rings (SSSR count). The lowest BCUT2D eigenvalue weighted by Crippen LogP contribution is -2.43. The number of hydrogen-bond donors (Lipinski definition) is 1. The lowest BCUT2D eigenvalue weighted by molar-refractivity contribution is -0.122. The number of aromatic nitrogens is 1. The standard InChI is InChI=1S/C18H19N3O2S/c1-13-4-6-14(7-5-13)8-10-19-16(22)11-21-15-3-2-9-20-18(15)24-12-17(21)23/h2-7,9H,8,10-12H2,1H3,(H,19,22). The van der Waals surface area contributed by atoms with E-state index in [2.05, 4.69) is 34.6 Å². The van der Waals surface area contributed by atoms with Crippen molar-refractivity contribution in [1.29, 1.82) is 0 Å². The van der Waals surface area contributed by atoms with Gasteiger partial charge in [-0.05, 0) is 31.0 Å². The van der Waals surface area contributed by atoms with Gasteiger partial charge in [-0.2, -0.15) is 0 Å². The summed E-state index contributed by atoms with van der Waals surface area (Å²) in [5.41, 5.74) is 3.12. The van der Waals surface area contributed by atoms with Crippen molar-refractivity contribution in [2.45, 2.75) is 18.4 Å². The van der Waals surface area contributed by atoms with E-state index < -0.39 is 0 Å². The zero-order chi connectivity index (χ0) is 16.9. The van der Waals surface area contributed by atoms with E-state index in [9.17, 15) is 9.59 Å². The largest absolute Gasteiger partial charge is 0.354 e. The molecular formula is C18H19N3O2S. The second-order valence-electron chi connectivity index (χ2n) is 5.68. The van der Waals surface area contributed by atoms with E-state index in [1.807, 2.05) is 13.0 Å². The lowest BCUT2D eigenvalue weighted by atomic mass is 10.1. The number of fused-ring (bicyclic) bond motifs is 1. The van der Waals surface area contributed by atoms with Crippen molar-refractivity contribution in [3.63, 3.8) is 0 Å². The molecule has 1 aromatic heterocycles. The molecule has 0 radical (unpaired) electrons. The average molecular weight is 341 g/mol. The first-order valence-electron chi connectivity index (χ1n) is 7.84. The Labute approximate surface area is 145 Å². The SMILES string of the molecule is Cc1ccc(CCNC(=O)CN2C(=O)CSc3ncccc32)cc1. The minimum atomic E-state index is -0.155. The normalized spacial score (nSPS) is 13.5. The number of hydrogen-bond acceptors (Lipinski definition) is 4. The van der Waals surface area contributed by atoms with Gasteiger partial charge < -0.3 is 5.32 Å². The Balaban J connectivity index is 1.55. The Hall–Kier alpha value is -2.34. The van der Waals surface area contributed by atoms with Gasteiger partial charge in [-0.1, -0.05) is 41.6 Å². The molecule has 1 aliphatic heterocycles. The first-order chi connectivity index (χ1) is 11.6. The van der Waals surface area contributed by atoms with Gasteiger partial charge in [-0.25, -0.2) is 4.98 Å². The molecule has 1 aliphatic rings. The van der Waals surface area contributed by atoms with Crippen LogP contribution in [-0.4, -0.2) is 35.6 Å². The molecule has 2 heterocycles. The first-order valence-corrected chi connectivity index (χ1v) is 8.82. The number of thioether (sulfide) groups is 1. The second kappa shape index (κ2) is 7.49. The molecule has 124 valence electrons. The molecular weight excluding hydrogens is 322 g/mol. The molecule has 0 spiro atoms. The van der Waals surface area contributed by atoms with Crippen molar-refractivity contribution >= 4 is 29.3 Å². The first kappa shape index (κ1) is 16.5. The minimum absolute atomic E-state index is 0.0337. The minimum Gasteiger partial charge on any atom is -0.354 e. The smallest absolute Gasteiger partial charge is 0.240 e. The zero-order valence-electron chi connectivity index (χ0n) is 13.5. The van der Waals surface area contributed by atoms with Gasteiger partial charge in [0.1, 0.15) is 11.6 Å². The van der Waals surface area contributed by atoms with E-state index in [1.165, 1.54) is 27.8 Å². The van der Waals surface area contributed by atoms with Crippen molar-refractivity contribution in [2.75, 3.05) is 23.7 Å². The third-order valence-electron chi connectivity index (χ3n) is 3.83. The van der Waals surface area contributed by atoms with E-state index in [0.717, 1.165) is 11.4 Å². The van der Waals surface area contributed by atoms with E-state index in [-0.39, 0.29) is 18.4 Å². The van der Waals surface area contributed by atoms with Crippen LogP contribution < -0.4 is 10.2 Å². The average Bonchev–Trinajstić information content (AvgIpc) is 2.59. The number of anilines is 1. The molecule has 1 N–H and O–H groups in total. The van der Waals surface area contributed by atoms with Gasteiger partial charge in [-0.15, -0.1) is 0 Å². The van der Waals surface area contributed by atoms with Gasteiger partial charge in [0.05, 0.1) is 11.4 Å². The van der Waals surface area contributed by atoms with Gasteiger partial charge in [0.25, 0.3) is 0 Å². The van der Waals surface area contributed by atoms with Crippen molar-refractivity contribution in [3.8, 4) is 0 Å². The monoisotopic (exact) mass is 341 g/mol. The Morgan fingerprint density at radius 3 is 2.88 bits per heavy atom. The number of carbonyl (C=O) groups excluding carboxylic acids is 2. The molecule has 0 unspecified atom stereocenters. The molecule has 2 amide bonds. The van der Waals surface area contributed by atoms with Crippen LogP contribution in [0, 0.1) is 6.92 Å². The van der Waals surface area contributed by atoms with Crippen LogP contribution in [0.15, 0.2) is 47.6 Å². The molecule has 1 aromatic carbocycles. The topological polar surface area (TPSA) is 62.3 Å². The number of nitrogens with one attached hydrogen (secondary N) is 1. The maximum atomic E-state index is 12.2. The fraction of sp³-hybridized carbons (Fsp3) is 0.278. The Kier molecular flexibility index (Phi) is 5.15. The number of carbonyl (C=O) groups is 2. The molecule has 5 nitrogen and oxygen atoms in total. The number of amides is 2. The molecule has 2 aromatic rings. The summed E-state index contributed by atoms with van der Waals surface area (Å²) in [5.74, 6) is 0.104. The predicted molar refractivity (Wildman–Crippen MR) is 95.2 cm³/mol. The van der Waals surface area contributed by atoms with Crippen molar-refractivity contribution < 1.29 is 9.59 Å². The van der Waals surface area contributed by atoms with E-state index in [4.69, 9.17) is 0 Å². The third-order valence-corrected chi connectivity index (χ3v) is 4.81. The third kappa shape index (κ3) is 3.94. The highest BCUT2D eigenvalue weighted by atomic mass is 32.2. The number of nitrogens with zero attached hydrogens (tertiary/aromatic N) is 2. The molecule has 6 heteroatoms. The summed E-state index contributed by atoms with van der Waals surface area (Å²) < 4.78 is 0. The van der Waals surface area contributed by atoms with Gasteiger partial charge in [0.15, 0.2) is 0 Å². The Morgan fingerprint density at radius 1 is 1.29 bits per heavy atom. The van der Waals surface area contributed by atoms with Gasteiger partial charge >= 0.3 is 0 Å². The Bertz CT molecular complexity index is 746. The fourth-order valence-corrected chi connectivity index (χ4v) is 3.39. The van der Waals surface area contributed by atoms with Crippen LogP contribution in [0.1, 0.15) is 11.1 Å². The second-order valence-corrected chi connectivity index (χ2v) is 6.65. The molecule has 0 saturated heterocycles. The summed E-state index contributed by atoms with van der Waals surface area (Å²) >= 11 is 1.41.